The van der Waals surface area contributed by atoms with Crippen LogP contribution in [0.4, 0.5) is 0 Å². The third kappa shape index (κ3) is 7.57. The molecule has 1 aromatic heterocycles. The fourth-order valence-electron chi connectivity index (χ4n) is 3.92. The van der Waals surface area contributed by atoms with Crippen molar-refractivity contribution in [3.8, 4) is 0 Å². The second-order valence-electron chi connectivity index (χ2n) is 7.89. The van der Waals surface area contributed by atoms with E-state index in [4.69, 9.17) is 11.6 Å². The Kier molecular flexibility index (Phi) is 11.3. The van der Waals surface area contributed by atoms with Crippen molar-refractivity contribution < 1.29 is 0 Å². The first kappa shape index (κ1) is 24.1. The standard InChI is InChI=1S/C12H9ClNS.3C4H9.Sn/c13-12-7-6-10(8-14-12)9-15-11-4-2-1-3-5-11;3*1-3-4-2;/h2-8H,9H2;3*1,3-4H2,2H3;. The zero-order chi connectivity index (χ0) is 20.2. The average molecular weight is 525 g/mol. The monoisotopic (exact) mass is 525 g/mol. The van der Waals surface area contributed by atoms with E-state index in [2.05, 4.69) is 56.1 Å². The van der Waals surface area contributed by atoms with Crippen LogP contribution in [0.1, 0.15) is 64.9 Å². The molecule has 0 amide bonds. The molecule has 0 atom stereocenters. The molecule has 154 valence electrons. The second-order valence-corrected chi connectivity index (χ2v) is 22.6. The van der Waals surface area contributed by atoms with Crippen molar-refractivity contribution in [1.29, 1.82) is 0 Å². The Labute approximate surface area is 185 Å². The van der Waals surface area contributed by atoms with Crippen molar-refractivity contribution in [1.82, 2.24) is 4.98 Å². The summed E-state index contributed by atoms with van der Waals surface area (Å²) in [4.78, 5) is 5.55. The summed E-state index contributed by atoms with van der Waals surface area (Å²) in [5.41, 5.74) is 1.22. The Hall–Kier alpha value is -0.191. The van der Waals surface area contributed by atoms with E-state index in [1.807, 2.05) is 24.0 Å². The van der Waals surface area contributed by atoms with Crippen LogP contribution in [-0.2, 0) is 5.75 Å². The molecule has 0 fully saturated rings. The molecule has 0 aliphatic rings. The quantitative estimate of drug-likeness (QED) is 0.149. The number of hydrogen-bond acceptors (Lipinski definition) is 2. The van der Waals surface area contributed by atoms with Gasteiger partial charge in [0.25, 0.3) is 0 Å². The van der Waals surface area contributed by atoms with E-state index in [0.29, 0.717) is 5.15 Å². The van der Waals surface area contributed by atoms with Gasteiger partial charge in [-0.25, -0.2) is 0 Å². The Morgan fingerprint density at radius 3 is 1.86 bits per heavy atom. The molecule has 1 nitrogen and oxygen atoms in total. The van der Waals surface area contributed by atoms with Crippen LogP contribution in [0.3, 0.4) is 0 Å². The van der Waals surface area contributed by atoms with E-state index < -0.39 is 18.4 Å². The molecule has 0 aliphatic heterocycles. The average Bonchev–Trinajstić information content (AvgIpc) is 2.73. The SMILES string of the molecule is CCC[CH2][Sn]([CH2]CCC)([CH2]CCC)[c]1ccc(SCc2ccc(Cl)nc2)cc1. The summed E-state index contributed by atoms with van der Waals surface area (Å²) in [6.45, 7) is 7.05. The molecule has 0 radical (unpaired) electrons. The molecule has 0 spiro atoms. The molecular formula is C24H36ClNSSn. The predicted molar refractivity (Wildman–Crippen MR) is 130 cm³/mol. The molecule has 0 N–H and O–H groups in total. The third-order valence-electron chi connectivity index (χ3n) is 5.69. The predicted octanol–water partition coefficient (Wildman–Crippen LogP) is 8.08. The van der Waals surface area contributed by atoms with E-state index in [9.17, 15) is 0 Å². The first-order valence-corrected chi connectivity index (χ1v) is 19.8. The number of pyridine rings is 1. The Morgan fingerprint density at radius 2 is 1.39 bits per heavy atom. The zero-order valence-corrected chi connectivity index (χ0v) is 22.3. The molecule has 0 aliphatic carbocycles. The maximum atomic E-state index is 5.89. The number of unbranched alkanes of at least 4 members (excludes halogenated alkanes) is 3. The summed E-state index contributed by atoms with van der Waals surface area (Å²) in [6, 6.07) is 13.7. The summed E-state index contributed by atoms with van der Waals surface area (Å²) >= 11 is 5.50. The van der Waals surface area contributed by atoms with E-state index in [0.717, 1.165) is 5.75 Å². The first-order valence-electron chi connectivity index (χ1n) is 11.0. The number of thioether (sulfide) groups is 1. The van der Waals surface area contributed by atoms with Crippen molar-refractivity contribution >= 4 is 45.3 Å². The maximum absolute atomic E-state index is 5.89. The van der Waals surface area contributed by atoms with Gasteiger partial charge >= 0.3 is 187 Å². The molecule has 0 unspecified atom stereocenters. The van der Waals surface area contributed by atoms with Crippen molar-refractivity contribution in [3.63, 3.8) is 0 Å². The molecule has 28 heavy (non-hydrogen) atoms. The number of hydrogen-bond donors (Lipinski definition) is 0. The Balaban J connectivity index is 2.12. The molecule has 0 saturated carbocycles. The van der Waals surface area contributed by atoms with Gasteiger partial charge in [0, 0.05) is 0 Å². The van der Waals surface area contributed by atoms with Gasteiger partial charge in [0.15, 0.2) is 0 Å². The van der Waals surface area contributed by atoms with Gasteiger partial charge in [0.2, 0.25) is 0 Å². The summed E-state index contributed by atoms with van der Waals surface area (Å²) in [7, 11) is 0. The van der Waals surface area contributed by atoms with Crippen LogP contribution in [0.15, 0.2) is 47.5 Å². The van der Waals surface area contributed by atoms with Crippen LogP contribution in [0.2, 0.25) is 18.5 Å². The molecular weight excluding hydrogens is 489 g/mol. The molecule has 1 heterocycles. The van der Waals surface area contributed by atoms with Crippen molar-refractivity contribution in [2.75, 3.05) is 0 Å². The van der Waals surface area contributed by atoms with Gasteiger partial charge < -0.3 is 0 Å². The number of halogens is 1. The van der Waals surface area contributed by atoms with Gasteiger partial charge in [-0.15, -0.1) is 0 Å². The number of aromatic nitrogens is 1. The van der Waals surface area contributed by atoms with Crippen LogP contribution in [-0.4, -0.2) is 23.4 Å². The fraction of sp³-hybridized carbons (Fsp3) is 0.542. The number of nitrogens with zero attached hydrogens (tertiary/aromatic N) is 1. The number of rotatable bonds is 13. The summed E-state index contributed by atoms with van der Waals surface area (Å²) in [6.07, 6.45) is 10.1. The van der Waals surface area contributed by atoms with Gasteiger partial charge in [0.1, 0.15) is 0 Å². The normalized spacial score (nSPS) is 11.7. The zero-order valence-electron chi connectivity index (χ0n) is 17.8. The Bertz CT molecular complexity index is 650. The molecule has 0 saturated heterocycles. The molecule has 4 heteroatoms. The van der Waals surface area contributed by atoms with Crippen molar-refractivity contribution in [2.24, 2.45) is 0 Å². The van der Waals surface area contributed by atoms with Gasteiger partial charge in [-0.2, -0.15) is 0 Å². The molecule has 2 rings (SSSR count). The van der Waals surface area contributed by atoms with Crippen LogP contribution >= 0.6 is 23.4 Å². The Morgan fingerprint density at radius 1 is 0.821 bits per heavy atom. The van der Waals surface area contributed by atoms with Gasteiger partial charge in [0.05, 0.1) is 0 Å². The molecule has 1 aromatic carbocycles. The van der Waals surface area contributed by atoms with Gasteiger partial charge in [-0.3, -0.25) is 0 Å². The summed E-state index contributed by atoms with van der Waals surface area (Å²) in [5.74, 6) is 0.944. The topological polar surface area (TPSA) is 12.9 Å². The van der Waals surface area contributed by atoms with E-state index in [1.165, 1.54) is 62.3 Å². The van der Waals surface area contributed by atoms with E-state index in [-0.39, 0.29) is 0 Å². The van der Waals surface area contributed by atoms with E-state index >= 15 is 0 Å². The van der Waals surface area contributed by atoms with Crippen LogP contribution in [0.25, 0.3) is 0 Å². The summed E-state index contributed by atoms with van der Waals surface area (Å²) < 4.78 is 6.37. The van der Waals surface area contributed by atoms with Crippen LogP contribution in [0.5, 0.6) is 0 Å². The van der Waals surface area contributed by atoms with Crippen LogP contribution < -0.4 is 3.58 Å². The third-order valence-corrected chi connectivity index (χ3v) is 22.7. The minimum atomic E-state index is -2.28. The molecule has 0 bridgehead atoms. The van der Waals surface area contributed by atoms with Gasteiger partial charge in [-0.1, -0.05) is 0 Å². The first-order chi connectivity index (χ1) is 13.6. The van der Waals surface area contributed by atoms with Gasteiger partial charge in [-0.05, 0) is 0 Å². The minimum absolute atomic E-state index is 0.563. The van der Waals surface area contributed by atoms with Crippen molar-refractivity contribution in [3.05, 3.63) is 53.3 Å². The second kappa shape index (κ2) is 13.2. The van der Waals surface area contributed by atoms with Crippen molar-refractivity contribution in [2.45, 2.75) is 83.3 Å². The van der Waals surface area contributed by atoms with Crippen LogP contribution in [0, 0.1) is 0 Å². The molecule has 2 aromatic rings. The summed E-state index contributed by atoms with van der Waals surface area (Å²) in [5, 5.41) is 0.563. The number of benzene rings is 1. The van der Waals surface area contributed by atoms with E-state index in [1.54, 1.807) is 3.58 Å². The fourth-order valence-corrected chi connectivity index (χ4v) is 20.8.